The van der Waals surface area contributed by atoms with Crippen molar-refractivity contribution in [2.75, 3.05) is 33.4 Å². The molecule has 4 heteroatoms. The molecule has 1 heterocycles. The highest BCUT2D eigenvalue weighted by Gasteiger charge is 2.06. The van der Waals surface area contributed by atoms with Gasteiger partial charge in [-0.3, -0.25) is 0 Å². The average molecular weight is 290 g/mol. The van der Waals surface area contributed by atoms with Gasteiger partial charge in [0.25, 0.3) is 0 Å². The summed E-state index contributed by atoms with van der Waals surface area (Å²) >= 11 is 0. The summed E-state index contributed by atoms with van der Waals surface area (Å²) in [5.74, 6) is 0.987. The van der Waals surface area contributed by atoms with Gasteiger partial charge in [0.15, 0.2) is 0 Å². The molecule has 0 radical (unpaired) electrons. The van der Waals surface area contributed by atoms with Crippen molar-refractivity contribution in [1.82, 2.24) is 9.88 Å². The highest BCUT2D eigenvalue weighted by molar-refractivity contribution is 5.86. The Bertz CT molecular complexity index is 537. The fraction of sp³-hybridized carbons (Fsp3) is 0.529. The zero-order valence-electron chi connectivity index (χ0n) is 13.1. The van der Waals surface area contributed by atoms with E-state index in [1.165, 1.54) is 10.9 Å². The van der Waals surface area contributed by atoms with Gasteiger partial charge >= 0.3 is 0 Å². The first kappa shape index (κ1) is 15.9. The second kappa shape index (κ2) is 8.70. The molecule has 0 saturated heterocycles. The van der Waals surface area contributed by atoms with Gasteiger partial charge in [-0.15, -0.1) is 0 Å². The highest BCUT2D eigenvalue weighted by atomic mass is 16.5. The molecule has 0 amide bonds. The number of hydrogen-bond acceptors (Lipinski definition) is 3. The lowest BCUT2D eigenvalue weighted by molar-refractivity contribution is 0.194. The standard InChI is InChI=1S/C17H26N2O2/c1-3-13-21-17-7-4-6-16-15(17)8-11-19(16)12-10-18-9-5-14-20-2/h4,6-8,11,18H,3,5,9-10,12-14H2,1-2H3. The third-order valence-electron chi connectivity index (χ3n) is 3.47. The van der Waals surface area contributed by atoms with Crippen LogP contribution in [0.5, 0.6) is 5.75 Å². The Hall–Kier alpha value is -1.52. The Morgan fingerprint density at radius 2 is 2.05 bits per heavy atom. The van der Waals surface area contributed by atoms with E-state index < -0.39 is 0 Å². The molecule has 0 spiro atoms. The van der Waals surface area contributed by atoms with Crippen LogP contribution in [0.3, 0.4) is 0 Å². The van der Waals surface area contributed by atoms with Crippen LogP contribution in [0.25, 0.3) is 10.9 Å². The predicted octanol–water partition coefficient (Wildman–Crippen LogP) is 3.06. The number of rotatable bonds is 10. The Morgan fingerprint density at radius 1 is 1.14 bits per heavy atom. The van der Waals surface area contributed by atoms with E-state index in [-0.39, 0.29) is 0 Å². The smallest absolute Gasteiger partial charge is 0.128 e. The fourth-order valence-electron chi connectivity index (χ4n) is 2.39. The van der Waals surface area contributed by atoms with E-state index >= 15 is 0 Å². The summed E-state index contributed by atoms with van der Waals surface area (Å²) in [5, 5.41) is 4.64. The van der Waals surface area contributed by atoms with Crippen molar-refractivity contribution in [2.24, 2.45) is 0 Å². The molecule has 2 rings (SSSR count). The summed E-state index contributed by atoms with van der Waals surface area (Å²) in [6, 6.07) is 8.41. The molecule has 116 valence electrons. The number of hydrogen-bond donors (Lipinski definition) is 1. The monoisotopic (exact) mass is 290 g/mol. The summed E-state index contributed by atoms with van der Waals surface area (Å²) in [5.41, 5.74) is 1.24. The molecule has 4 nitrogen and oxygen atoms in total. The third kappa shape index (κ3) is 4.48. The molecule has 0 atom stereocenters. The lowest BCUT2D eigenvalue weighted by Gasteiger charge is -2.09. The predicted molar refractivity (Wildman–Crippen MR) is 87.1 cm³/mol. The van der Waals surface area contributed by atoms with Crippen LogP contribution in [-0.2, 0) is 11.3 Å². The molecule has 0 unspecified atom stereocenters. The third-order valence-corrected chi connectivity index (χ3v) is 3.47. The molecule has 0 aliphatic heterocycles. The SMILES string of the molecule is CCCOc1cccc2c1ccn2CCNCCCOC. The van der Waals surface area contributed by atoms with Crippen LogP contribution < -0.4 is 10.1 Å². The minimum Gasteiger partial charge on any atom is -0.493 e. The first-order valence-electron chi connectivity index (χ1n) is 7.77. The van der Waals surface area contributed by atoms with E-state index in [2.05, 4.69) is 41.2 Å². The zero-order chi connectivity index (χ0) is 14.9. The average Bonchev–Trinajstić information content (AvgIpc) is 2.92. The lowest BCUT2D eigenvalue weighted by Crippen LogP contribution is -2.21. The topological polar surface area (TPSA) is 35.4 Å². The van der Waals surface area contributed by atoms with Crippen LogP contribution >= 0.6 is 0 Å². The van der Waals surface area contributed by atoms with E-state index in [0.29, 0.717) is 0 Å². The summed E-state index contributed by atoms with van der Waals surface area (Å²) < 4.78 is 13.1. The molecule has 0 fully saturated rings. The Morgan fingerprint density at radius 3 is 2.86 bits per heavy atom. The normalized spacial score (nSPS) is 11.1. The van der Waals surface area contributed by atoms with Gasteiger partial charge in [0.2, 0.25) is 0 Å². The second-order valence-corrected chi connectivity index (χ2v) is 5.14. The van der Waals surface area contributed by atoms with Crippen molar-refractivity contribution in [1.29, 1.82) is 0 Å². The largest absolute Gasteiger partial charge is 0.493 e. The summed E-state index contributed by atoms with van der Waals surface area (Å²) in [7, 11) is 1.74. The van der Waals surface area contributed by atoms with E-state index in [9.17, 15) is 0 Å². The van der Waals surface area contributed by atoms with Crippen LogP contribution in [0.4, 0.5) is 0 Å². The van der Waals surface area contributed by atoms with Crippen molar-refractivity contribution in [3.05, 3.63) is 30.5 Å². The molecule has 1 aromatic heterocycles. The number of aromatic nitrogens is 1. The van der Waals surface area contributed by atoms with Crippen molar-refractivity contribution in [3.8, 4) is 5.75 Å². The Balaban J connectivity index is 1.92. The maximum absolute atomic E-state index is 5.81. The molecule has 1 aromatic carbocycles. The minimum atomic E-state index is 0.769. The number of nitrogens with zero attached hydrogens (tertiary/aromatic N) is 1. The van der Waals surface area contributed by atoms with Gasteiger partial charge in [-0.05, 0) is 37.6 Å². The van der Waals surface area contributed by atoms with Crippen LogP contribution in [0, 0.1) is 0 Å². The zero-order valence-corrected chi connectivity index (χ0v) is 13.1. The summed E-state index contributed by atoms with van der Waals surface area (Å²) in [4.78, 5) is 0. The van der Waals surface area contributed by atoms with Crippen LogP contribution in [-0.4, -0.2) is 38.0 Å². The number of ether oxygens (including phenoxy) is 2. The molecule has 21 heavy (non-hydrogen) atoms. The van der Waals surface area contributed by atoms with Gasteiger partial charge in [-0.2, -0.15) is 0 Å². The van der Waals surface area contributed by atoms with Gasteiger partial charge in [-0.1, -0.05) is 13.0 Å². The molecule has 2 aromatic rings. The molecule has 1 N–H and O–H groups in total. The van der Waals surface area contributed by atoms with Crippen molar-refractivity contribution < 1.29 is 9.47 Å². The summed E-state index contributed by atoms with van der Waals surface area (Å²) in [6.07, 6.45) is 4.22. The van der Waals surface area contributed by atoms with E-state index in [1.54, 1.807) is 7.11 Å². The van der Waals surface area contributed by atoms with Crippen molar-refractivity contribution in [2.45, 2.75) is 26.3 Å². The molecular weight excluding hydrogens is 264 g/mol. The minimum absolute atomic E-state index is 0.769. The molecular formula is C17H26N2O2. The highest BCUT2D eigenvalue weighted by Crippen LogP contribution is 2.26. The van der Waals surface area contributed by atoms with Gasteiger partial charge in [-0.25, -0.2) is 0 Å². The lowest BCUT2D eigenvalue weighted by atomic mass is 10.2. The Labute approximate surface area is 127 Å². The van der Waals surface area contributed by atoms with Gasteiger partial charge in [0.05, 0.1) is 12.1 Å². The van der Waals surface area contributed by atoms with Crippen molar-refractivity contribution >= 4 is 10.9 Å². The maximum Gasteiger partial charge on any atom is 0.128 e. The number of nitrogens with one attached hydrogen (secondary N) is 1. The molecule has 0 aliphatic rings. The van der Waals surface area contributed by atoms with Crippen LogP contribution in [0.2, 0.25) is 0 Å². The number of fused-ring (bicyclic) bond motifs is 1. The van der Waals surface area contributed by atoms with E-state index in [0.717, 1.165) is 51.4 Å². The molecule has 0 saturated carbocycles. The van der Waals surface area contributed by atoms with Gasteiger partial charge in [0, 0.05) is 38.4 Å². The first-order valence-corrected chi connectivity index (χ1v) is 7.77. The Kier molecular flexibility index (Phi) is 6.57. The van der Waals surface area contributed by atoms with E-state index in [1.807, 2.05) is 6.07 Å². The molecule has 0 bridgehead atoms. The van der Waals surface area contributed by atoms with E-state index in [4.69, 9.17) is 9.47 Å². The first-order chi connectivity index (χ1) is 10.4. The van der Waals surface area contributed by atoms with Crippen LogP contribution in [0.15, 0.2) is 30.5 Å². The number of methoxy groups -OCH3 is 1. The van der Waals surface area contributed by atoms with Gasteiger partial charge in [0.1, 0.15) is 5.75 Å². The summed E-state index contributed by atoms with van der Waals surface area (Å²) in [6.45, 7) is 6.64. The maximum atomic E-state index is 5.81. The fourth-order valence-corrected chi connectivity index (χ4v) is 2.39. The molecule has 0 aliphatic carbocycles. The van der Waals surface area contributed by atoms with Crippen molar-refractivity contribution in [3.63, 3.8) is 0 Å². The van der Waals surface area contributed by atoms with Gasteiger partial charge < -0.3 is 19.4 Å². The number of benzene rings is 1. The second-order valence-electron chi connectivity index (χ2n) is 5.14. The van der Waals surface area contributed by atoms with Crippen LogP contribution in [0.1, 0.15) is 19.8 Å². The quantitative estimate of drug-likeness (QED) is 0.683.